The SMILES string of the molecule is O=C1OCCN1C(=O)[C@H](Cl)c1ccc(F)cc1. The van der Waals surface area contributed by atoms with Gasteiger partial charge in [0.05, 0.1) is 6.54 Å². The van der Waals surface area contributed by atoms with Gasteiger partial charge in [-0.15, -0.1) is 11.6 Å². The van der Waals surface area contributed by atoms with E-state index >= 15 is 0 Å². The van der Waals surface area contributed by atoms with E-state index in [1.807, 2.05) is 0 Å². The molecule has 0 unspecified atom stereocenters. The van der Waals surface area contributed by atoms with Crippen LogP contribution in [0.15, 0.2) is 24.3 Å². The first-order chi connectivity index (χ1) is 8.09. The number of amides is 2. The number of carbonyl (C=O) groups is 2. The van der Waals surface area contributed by atoms with Crippen molar-refractivity contribution in [3.63, 3.8) is 0 Å². The first-order valence-corrected chi connectivity index (χ1v) is 5.41. The fourth-order valence-electron chi connectivity index (χ4n) is 1.50. The third-order valence-corrected chi connectivity index (χ3v) is 2.84. The van der Waals surface area contributed by atoms with E-state index in [-0.39, 0.29) is 13.2 Å². The summed E-state index contributed by atoms with van der Waals surface area (Å²) < 4.78 is 17.3. The van der Waals surface area contributed by atoms with Crippen molar-refractivity contribution in [1.29, 1.82) is 0 Å². The van der Waals surface area contributed by atoms with Crippen LogP contribution < -0.4 is 0 Å². The summed E-state index contributed by atoms with van der Waals surface area (Å²) in [5.41, 5.74) is 0.442. The average molecular weight is 258 g/mol. The van der Waals surface area contributed by atoms with Gasteiger partial charge in [-0.25, -0.2) is 14.1 Å². The van der Waals surface area contributed by atoms with Gasteiger partial charge in [0.2, 0.25) is 0 Å². The molecule has 0 saturated carbocycles. The van der Waals surface area contributed by atoms with Crippen LogP contribution in [0.1, 0.15) is 10.9 Å². The summed E-state index contributed by atoms with van der Waals surface area (Å²) in [6, 6.07) is 5.24. The van der Waals surface area contributed by atoms with Crippen LogP contribution in [0, 0.1) is 5.82 Å². The van der Waals surface area contributed by atoms with Crippen LogP contribution in [0.5, 0.6) is 0 Å². The van der Waals surface area contributed by atoms with Gasteiger partial charge in [-0.2, -0.15) is 0 Å². The largest absolute Gasteiger partial charge is 0.447 e. The lowest BCUT2D eigenvalue weighted by atomic mass is 10.1. The lowest BCUT2D eigenvalue weighted by Crippen LogP contribution is -2.34. The van der Waals surface area contributed by atoms with Gasteiger partial charge in [0.1, 0.15) is 17.8 Å². The van der Waals surface area contributed by atoms with Crippen molar-refractivity contribution in [2.45, 2.75) is 5.38 Å². The van der Waals surface area contributed by atoms with E-state index in [2.05, 4.69) is 4.74 Å². The minimum absolute atomic E-state index is 0.178. The molecule has 1 aromatic rings. The van der Waals surface area contributed by atoms with Crippen molar-refractivity contribution in [2.24, 2.45) is 0 Å². The van der Waals surface area contributed by atoms with Gasteiger partial charge in [-0.3, -0.25) is 4.79 Å². The second kappa shape index (κ2) is 4.71. The molecule has 1 heterocycles. The quantitative estimate of drug-likeness (QED) is 0.762. The molecule has 0 spiro atoms. The van der Waals surface area contributed by atoms with E-state index in [1.54, 1.807) is 0 Å². The molecule has 6 heteroatoms. The molecule has 90 valence electrons. The first-order valence-electron chi connectivity index (χ1n) is 4.97. The second-order valence-electron chi connectivity index (χ2n) is 3.52. The van der Waals surface area contributed by atoms with E-state index < -0.39 is 23.2 Å². The van der Waals surface area contributed by atoms with Crippen molar-refractivity contribution in [2.75, 3.05) is 13.2 Å². The second-order valence-corrected chi connectivity index (χ2v) is 3.95. The summed E-state index contributed by atoms with van der Waals surface area (Å²) >= 11 is 5.93. The van der Waals surface area contributed by atoms with Gasteiger partial charge in [0.15, 0.2) is 0 Å². The van der Waals surface area contributed by atoms with Crippen LogP contribution in [-0.2, 0) is 9.53 Å². The van der Waals surface area contributed by atoms with Crippen molar-refractivity contribution in [3.8, 4) is 0 Å². The van der Waals surface area contributed by atoms with Gasteiger partial charge < -0.3 is 4.74 Å². The maximum atomic E-state index is 12.7. The Bertz CT molecular complexity index is 449. The Balaban J connectivity index is 2.14. The standard InChI is InChI=1S/C11H9ClFNO3/c12-9(7-1-3-8(13)4-2-7)10(15)14-5-6-17-11(14)16/h1-4,9H,5-6H2/t9-/m1/s1. The number of halogens is 2. The Morgan fingerprint density at radius 1 is 1.41 bits per heavy atom. The van der Waals surface area contributed by atoms with E-state index in [1.165, 1.54) is 24.3 Å². The number of hydrogen-bond acceptors (Lipinski definition) is 3. The van der Waals surface area contributed by atoms with E-state index in [0.717, 1.165) is 4.90 Å². The monoisotopic (exact) mass is 257 g/mol. The summed E-state index contributed by atoms with van der Waals surface area (Å²) in [7, 11) is 0. The Kier molecular flexibility index (Phi) is 3.28. The van der Waals surface area contributed by atoms with Crippen molar-refractivity contribution in [3.05, 3.63) is 35.6 Å². The Morgan fingerprint density at radius 3 is 2.59 bits per heavy atom. The minimum Gasteiger partial charge on any atom is -0.447 e. The summed E-state index contributed by atoms with van der Waals surface area (Å²) in [4.78, 5) is 24.0. The van der Waals surface area contributed by atoms with Gasteiger partial charge in [0, 0.05) is 0 Å². The van der Waals surface area contributed by atoms with E-state index in [4.69, 9.17) is 11.6 Å². The summed E-state index contributed by atoms with van der Waals surface area (Å²) in [6.45, 7) is 0.375. The Labute approximate surface area is 102 Å². The lowest BCUT2D eigenvalue weighted by molar-refractivity contribution is -0.127. The molecule has 0 aliphatic carbocycles. The number of benzene rings is 1. The number of ether oxygens (including phenoxy) is 1. The molecule has 17 heavy (non-hydrogen) atoms. The molecular formula is C11H9ClFNO3. The third-order valence-electron chi connectivity index (χ3n) is 2.41. The molecule has 2 rings (SSSR count). The predicted molar refractivity (Wildman–Crippen MR) is 58.1 cm³/mol. The zero-order valence-corrected chi connectivity index (χ0v) is 9.48. The van der Waals surface area contributed by atoms with Gasteiger partial charge in [0.25, 0.3) is 5.91 Å². The molecule has 1 fully saturated rings. The highest BCUT2D eigenvalue weighted by Gasteiger charge is 2.33. The minimum atomic E-state index is -1.01. The number of cyclic esters (lactones) is 1. The summed E-state index contributed by atoms with van der Waals surface area (Å²) in [5.74, 6) is -0.966. The molecule has 0 N–H and O–H groups in total. The Hall–Kier alpha value is -1.62. The van der Waals surface area contributed by atoms with Crippen LogP contribution in [0.25, 0.3) is 0 Å². The normalized spacial score (nSPS) is 16.8. The number of alkyl halides is 1. The van der Waals surface area contributed by atoms with Gasteiger partial charge in [-0.05, 0) is 17.7 Å². The predicted octanol–water partition coefficient (Wildman–Crippen LogP) is 2.08. The van der Waals surface area contributed by atoms with Crippen molar-refractivity contribution < 1.29 is 18.7 Å². The van der Waals surface area contributed by atoms with Gasteiger partial charge in [-0.1, -0.05) is 12.1 Å². The highest BCUT2D eigenvalue weighted by molar-refractivity contribution is 6.31. The third kappa shape index (κ3) is 2.39. The maximum absolute atomic E-state index is 12.7. The maximum Gasteiger partial charge on any atom is 0.416 e. The van der Waals surface area contributed by atoms with Crippen LogP contribution in [0.3, 0.4) is 0 Å². The molecule has 4 nitrogen and oxygen atoms in total. The molecule has 1 saturated heterocycles. The lowest BCUT2D eigenvalue weighted by Gasteiger charge is -2.15. The zero-order chi connectivity index (χ0) is 12.4. The molecule has 0 radical (unpaired) electrons. The molecule has 1 aliphatic rings. The highest BCUT2D eigenvalue weighted by Crippen LogP contribution is 2.24. The van der Waals surface area contributed by atoms with Crippen molar-refractivity contribution in [1.82, 2.24) is 4.90 Å². The topological polar surface area (TPSA) is 46.6 Å². The molecule has 1 atom stereocenters. The fraction of sp³-hybridized carbons (Fsp3) is 0.273. The van der Waals surface area contributed by atoms with Crippen LogP contribution in [-0.4, -0.2) is 30.1 Å². The van der Waals surface area contributed by atoms with Crippen LogP contribution in [0.2, 0.25) is 0 Å². The number of carbonyl (C=O) groups excluding carboxylic acids is 2. The average Bonchev–Trinajstić information content (AvgIpc) is 2.74. The van der Waals surface area contributed by atoms with E-state index in [9.17, 15) is 14.0 Å². The molecule has 0 aromatic heterocycles. The molecule has 1 aromatic carbocycles. The molecule has 2 amide bonds. The number of nitrogens with zero attached hydrogens (tertiary/aromatic N) is 1. The number of rotatable bonds is 2. The number of hydrogen-bond donors (Lipinski definition) is 0. The fourth-order valence-corrected chi connectivity index (χ4v) is 1.77. The highest BCUT2D eigenvalue weighted by atomic mass is 35.5. The first kappa shape index (κ1) is 11.9. The van der Waals surface area contributed by atoms with Gasteiger partial charge >= 0.3 is 6.09 Å². The zero-order valence-electron chi connectivity index (χ0n) is 8.73. The van der Waals surface area contributed by atoms with Crippen LogP contribution in [0.4, 0.5) is 9.18 Å². The molecule has 0 bridgehead atoms. The summed E-state index contributed by atoms with van der Waals surface area (Å²) in [6.07, 6.45) is -0.692. The Morgan fingerprint density at radius 2 is 2.06 bits per heavy atom. The number of imide groups is 1. The summed E-state index contributed by atoms with van der Waals surface area (Å²) in [5, 5.41) is -1.01. The van der Waals surface area contributed by atoms with Crippen molar-refractivity contribution >= 4 is 23.6 Å². The van der Waals surface area contributed by atoms with Crippen LogP contribution >= 0.6 is 11.6 Å². The van der Waals surface area contributed by atoms with E-state index in [0.29, 0.717) is 5.56 Å². The molecular weight excluding hydrogens is 249 g/mol. The smallest absolute Gasteiger partial charge is 0.416 e. The molecule has 1 aliphatic heterocycles.